The van der Waals surface area contributed by atoms with Crippen molar-refractivity contribution in [2.75, 3.05) is 19.7 Å². The van der Waals surface area contributed by atoms with E-state index in [1.54, 1.807) is 6.92 Å². The van der Waals surface area contributed by atoms with Crippen molar-refractivity contribution in [2.45, 2.75) is 38.9 Å². The molecular weight excluding hydrogens is 182 g/mol. The molecule has 1 aliphatic heterocycles. The first-order chi connectivity index (χ1) is 6.33. The first kappa shape index (κ1) is 11.5. The van der Waals surface area contributed by atoms with E-state index in [1.807, 2.05) is 20.8 Å². The van der Waals surface area contributed by atoms with Gasteiger partial charge < -0.3 is 14.8 Å². The molecule has 0 radical (unpaired) electrons. The molecule has 1 N–H and O–H groups in total. The lowest BCUT2D eigenvalue weighted by atomic mass is 10.1. The minimum absolute atomic E-state index is 0.294. The van der Waals surface area contributed by atoms with Crippen molar-refractivity contribution >= 4 is 5.97 Å². The standard InChI is InChI=1S/C10H19NO3/c1-9(2,3)14-8(12)10(4)7-11-5-6-13-10/h11H,5-7H2,1-4H3/t10-/m1/s1. The minimum atomic E-state index is -0.828. The number of hydrogen-bond acceptors (Lipinski definition) is 4. The summed E-state index contributed by atoms with van der Waals surface area (Å²) in [4.78, 5) is 11.7. The zero-order valence-electron chi connectivity index (χ0n) is 9.35. The maximum absolute atomic E-state index is 11.7. The molecule has 0 aromatic heterocycles. The number of morpholine rings is 1. The third kappa shape index (κ3) is 2.96. The summed E-state index contributed by atoms with van der Waals surface area (Å²) in [7, 11) is 0. The van der Waals surface area contributed by atoms with Gasteiger partial charge in [0.1, 0.15) is 5.60 Å². The van der Waals surface area contributed by atoms with Gasteiger partial charge in [-0.15, -0.1) is 0 Å². The van der Waals surface area contributed by atoms with Gasteiger partial charge in [-0.2, -0.15) is 0 Å². The predicted octanol–water partition coefficient (Wildman–Crippen LogP) is 0.707. The molecule has 1 aliphatic rings. The monoisotopic (exact) mass is 201 g/mol. The highest BCUT2D eigenvalue weighted by Crippen LogP contribution is 2.18. The lowest BCUT2D eigenvalue weighted by molar-refractivity contribution is -0.184. The number of ether oxygens (including phenoxy) is 2. The van der Waals surface area contributed by atoms with Crippen LogP contribution in [0.5, 0.6) is 0 Å². The molecule has 1 heterocycles. The van der Waals surface area contributed by atoms with Crippen LogP contribution in [0.4, 0.5) is 0 Å². The first-order valence-corrected chi connectivity index (χ1v) is 4.92. The van der Waals surface area contributed by atoms with Crippen molar-refractivity contribution in [3.8, 4) is 0 Å². The van der Waals surface area contributed by atoms with E-state index in [-0.39, 0.29) is 5.97 Å². The van der Waals surface area contributed by atoms with Gasteiger partial charge in [0, 0.05) is 13.1 Å². The summed E-state index contributed by atoms with van der Waals surface area (Å²) in [5.41, 5.74) is -1.29. The van der Waals surface area contributed by atoms with Crippen LogP contribution in [0.15, 0.2) is 0 Å². The second-order valence-electron chi connectivity index (χ2n) is 4.76. The molecule has 0 saturated carbocycles. The van der Waals surface area contributed by atoms with Gasteiger partial charge in [0.15, 0.2) is 5.60 Å². The summed E-state index contributed by atoms with van der Waals surface area (Å²) in [5, 5.41) is 3.12. The maximum atomic E-state index is 11.7. The Morgan fingerprint density at radius 3 is 2.57 bits per heavy atom. The third-order valence-electron chi connectivity index (χ3n) is 1.99. The van der Waals surface area contributed by atoms with Crippen molar-refractivity contribution in [3.05, 3.63) is 0 Å². The fourth-order valence-corrected chi connectivity index (χ4v) is 1.24. The molecule has 0 aliphatic carbocycles. The van der Waals surface area contributed by atoms with E-state index in [9.17, 15) is 4.79 Å². The summed E-state index contributed by atoms with van der Waals surface area (Å²) < 4.78 is 10.7. The zero-order valence-corrected chi connectivity index (χ0v) is 9.35. The molecule has 0 aromatic carbocycles. The molecule has 4 heteroatoms. The second kappa shape index (κ2) is 3.87. The molecule has 0 aromatic rings. The lowest BCUT2D eigenvalue weighted by Gasteiger charge is -2.34. The van der Waals surface area contributed by atoms with Crippen molar-refractivity contribution in [2.24, 2.45) is 0 Å². The Morgan fingerprint density at radius 1 is 1.50 bits per heavy atom. The van der Waals surface area contributed by atoms with Crippen LogP contribution in [0, 0.1) is 0 Å². The van der Waals surface area contributed by atoms with Crippen LogP contribution in [0.1, 0.15) is 27.7 Å². The zero-order chi connectivity index (χ0) is 10.8. The number of nitrogens with one attached hydrogen (secondary N) is 1. The van der Waals surface area contributed by atoms with E-state index in [1.165, 1.54) is 0 Å². The maximum Gasteiger partial charge on any atom is 0.339 e. The summed E-state index contributed by atoms with van der Waals surface area (Å²) in [6.45, 7) is 9.17. The normalized spacial score (nSPS) is 28.6. The molecule has 1 atom stereocenters. The van der Waals surface area contributed by atoms with E-state index in [0.29, 0.717) is 13.2 Å². The van der Waals surface area contributed by atoms with E-state index >= 15 is 0 Å². The topological polar surface area (TPSA) is 47.6 Å². The highest BCUT2D eigenvalue weighted by molar-refractivity contribution is 5.80. The van der Waals surface area contributed by atoms with Crippen LogP contribution >= 0.6 is 0 Å². The van der Waals surface area contributed by atoms with Crippen LogP contribution in [0.25, 0.3) is 0 Å². The van der Waals surface area contributed by atoms with Crippen LogP contribution in [-0.2, 0) is 14.3 Å². The summed E-state index contributed by atoms with van der Waals surface area (Å²) in [6, 6.07) is 0. The van der Waals surface area contributed by atoms with Crippen molar-refractivity contribution < 1.29 is 14.3 Å². The van der Waals surface area contributed by atoms with Gasteiger partial charge in [-0.25, -0.2) is 4.79 Å². The van der Waals surface area contributed by atoms with E-state index < -0.39 is 11.2 Å². The number of carbonyl (C=O) groups is 1. The van der Waals surface area contributed by atoms with Gasteiger partial charge in [0.25, 0.3) is 0 Å². The van der Waals surface area contributed by atoms with Gasteiger partial charge in [0.2, 0.25) is 0 Å². The Hall–Kier alpha value is -0.610. The van der Waals surface area contributed by atoms with Gasteiger partial charge in [0.05, 0.1) is 6.61 Å². The molecule has 0 unspecified atom stereocenters. The van der Waals surface area contributed by atoms with Gasteiger partial charge in [-0.05, 0) is 27.7 Å². The van der Waals surface area contributed by atoms with Crippen molar-refractivity contribution in [1.29, 1.82) is 0 Å². The molecule has 0 bridgehead atoms. The van der Waals surface area contributed by atoms with Gasteiger partial charge in [-0.1, -0.05) is 0 Å². The van der Waals surface area contributed by atoms with Crippen LogP contribution in [0.3, 0.4) is 0 Å². The lowest BCUT2D eigenvalue weighted by Crippen LogP contribution is -2.54. The Balaban J connectivity index is 2.58. The Kier molecular flexibility index (Phi) is 3.17. The molecule has 1 rings (SSSR count). The third-order valence-corrected chi connectivity index (χ3v) is 1.99. The Bertz CT molecular complexity index is 214. The summed E-state index contributed by atoms with van der Waals surface area (Å²) in [6.07, 6.45) is 0. The average Bonchev–Trinajstić information content (AvgIpc) is 2.02. The molecule has 0 spiro atoms. The molecular formula is C10H19NO3. The largest absolute Gasteiger partial charge is 0.458 e. The number of esters is 1. The fourth-order valence-electron chi connectivity index (χ4n) is 1.24. The summed E-state index contributed by atoms with van der Waals surface area (Å²) >= 11 is 0. The smallest absolute Gasteiger partial charge is 0.339 e. The van der Waals surface area contributed by atoms with Crippen molar-refractivity contribution in [3.63, 3.8) is 0 Å². The molecule has 1 fully saturated rings. The van der Waals surface area contributed by atoms with E-state index in [0.717, 1.165) is 6.54 Å². The fraction of sp³-hybridized carbons (Fsp3) is 0.900. The first-order valence-electron chi connectivity index (χ1n) is 4.92. The average molecular weight is 201 g/mol. The number of hydrogen-bond donors (Lipinski definition) is 1. The Labute approximate surface area is 85.0 Å². The summed E-state index contributed by atoms with van der Waals surface area (Å²) in [5.74, 6) is -0.294. The van der Waals surface area contributed by atoms with Gasteiger partial charge >= 0.3 is 5.97 Å². The van der Waals surface area contributed by atoms with Crippen LogP contribution < -0.4 is 5.32 Å². The predicted molar refractivity (Wildman–Crippen MR) is 53.1 cm³/mol. The van der Waals surface area contributed by atoms with Crippen LogP contribution in [-0.4, -0.2) is 36.9 Å². The highest BCUT2D eigenvalue weighted by atomic mass is 16.6. The minimum Gasteiger partial charge on any atom is -0.458 e. The highest BCUT2D eigenvalue weighted by Gasteiger charge is 2.39. The van der Waals surface area contributed by atoms with E-state index in [2.05, 4.69) is 5.32 Å². The van der Waals surface area contributed by atoms with E-state index in [4.69, 9.17) is 9.47 Å². The molecule has 14 heavy (non-hydrogen) atoms. The number of carbonyl (C=O) groups excluding carboxylic acids is 1. The van der Waals surface area contributed by atoms with Crippen molar-refractivity contribution in [1.82, 2.24) is 5.32 Å². The molecule has 82 valence electrons. The SMILES string of the molecule is CC(C)(C)OC(=O)[C@@]1(C)CNCCO1. The molecule has 0 amide bonds. The molecule has 4 nitrogen and oxygen atoms in total. The van der Waals surface area contributed by atoms with Gasteiger partial charge in [-0.3, -0.25) is 0 Å². The van der Waals surface area contributed by atoms with Crippen LogP contribution in [0.2, 0.25) is 0 Å². The quantitative estimate of drug-likeness (QED) is 0.635. The Morgan fingerprint density at radius 2 is 2.14 bits per heavy atom. The molecule has 1 saturated heterocycles. The number of rotatable bonds is 1. The second-order valence-corrected chi connectivity index (χ2v) is 4.76.